The first kappa shape index (κ1) is 10.1. The van der Waals surface area contributed by atoms with Crippen LogP contribution in [0.2, 0.25) is 5.02 Å². The summed E-state index contributed by atoms with van der Waals surface area (Å²) in [4.78, 5) is 20.2. The van der Waals surface area contributed by atoms with Crippen molar-refractivity contribution in [2.24, 2.45) is 5.92 Å². The number of nitrogens with one attached hydrogen (secondary N) is 2. The van der Waals surface area contributed by atoms with E-state index in [0.717, 1.165) is 26.1 Å². The van der Waals surface area contributed by atoms with E-state index >= 15 is 0 Å². The fourth-order valence-electron chi connectivity index (χ4n) is 2.69. The average molecular weight is 241 g/mol. The van der Waals surface area contributed by atoms with Gasteiger partial charge in [-0.25, -0.2) is 4.98 Å². The summed E-state index contributed by atoms with van der Waals surface area (Å²) in [7, 11) is 0. The van der Waals surface area contributed by atoms with Gasteiger partial charge < -0.3 is 15.2 Å². The van der Waals surface area contributed by atoms with Crippen molar-refractivity contribution >= 4 is 17.4 Å². The second kappa shape index (κ2) is 3.75. The number of hydrogen-bond acceptors (Lipinski definition) is 4. The highest BCUT2D eigenvalue weighted by Crippen LogP contribution is 2.32. The Hall–Kier alpha value is -1.07. The Morgan fingerprint density at radius 3 is 3.25 bits per heavy atom. The number of aromatic nitrogens is 2. The molecule has 0 aliphatic carbocycles. The van der Waals surface area contributed by atoms with E-state index in [-0.39, 0.29) is 10.6 Å². The molecule has 3 heterocycles. The highest BCUT2D eigenvalue weighted by Gasteiger charge is 2.39. The summed E-state index contributed by atoms with van der Waals surface area (Å²) in [6, 6.07) is 0.437. The minimum absolute atomic E-state index is 0.204. The zero-order valence-electron chi connectivity index (χ0n) is 8.74. The lowest BCUT2D eigenvalue weighted by Gasteiger charge is -2.24. The number of aromatic amines is 1. The Labute approximate surface area is 97.8 Å². The summed E-state index contributed by atoms with van der Waals surface area (Å²) in [5.74, 6) is 1.29. The van der Waals surface area contributed by atoms with Gasteiger partial charge in [-0.05, 0) is 12.3 Å². The molecule has 0 saturated carbocycles. The van der Waals surface area contributed by atoms with Gasteiger partial charge in [-0.3, -0.25) is 4.79 Å². The van der Waals surface area contributed by atoms with Gasteiger partial charge in [0, 0.05) is 25.7 Å². The predicted octanol–water partition coefficient (Wildman–Crippen LogP) is 0.221. The van der Waals surface area contributed by atoms with Crippen molar-refractivity contribution in [1.29, 1.82) is 0 Å². The summed E-state index contributed by atoms with van der Waals surface area (Å²) in [5.41, 5.74) is -0.263. The Bertz CT molecular complexity index is 460. The van der Waals surface area contributed by atoms with Gasteiger partial charge in [-0.15, -0.1) is 0 Å². The molecule has 0 spiro atoms. The van der Waals surface area contributed by atoms with Crippen molar-refractivity contribution in [1.82, 2.24) is 15.3 Å². The van der Waals surface area contributed by atoms with Gasteiger partial charge in [0.05, 0.1) is 6.33 Å². The molecule has 86 valence electrons. The molecule has 0 unspecified atom stereocenters. The number of H-pyrrole nitrogens is 1. The largest absolute Gasteiger partial charge is 0.351 e. The molecule has 2 aliphatic heterocycles. The lowest BCUT2D eigenvalue weighted by molar-refractivity contribution is 0.577. The third-order valence-corrected chi connectivity index (χ3v) is 3.84. The van der Waals surface area contributed by atoms with Crippen LogP contribution in [0.4, 0.5) is 5.82 Å². The lowest BCUT2D eigenvalue weighted by atomic mass is 10.1. The molecular formula is C10H13ClN4O. The van der Waals surface area contributed by atoms with E-state index in [0.29, 0.717) is 17.8 Å². The normalized spacial score (nSPS) is 28.4. The maximum Gasteiger partial charge on any atom is 0.271 e. The molecular weight excluding hydrogens is 228 g/mol. The first-order valence-electron chi connectivity index (χ1n) is 5.48. The van der Waals surface area contributed by atoms with E-state index in [9.17, 15) is 4.79 Å². The van der Waals surface area contributed by atoms with Crippen LogP contribution in [0, 0.1) is 5.92 Å². The SMILES string of the molecule is O=c1[nH]cnc(N2CC[C@H]3CNC[C@H]32)c1Cl. The Balaban J connectivity index is 1.98. The third kappa shape index (κ3) is 1.43. The Morgan fingerprint density at radius 1 is 1.50 bits per heavy atom. The topological polar surface area (TPSA) is 61.0 Å². The van der Waals surface area contributed by atoms with Gasteiger partial charge in [0.1, 0.15) is 5.02 Å². The number of fused-ring (bicyclic) bond motifs is 1. The molecule has 0 bridgehead atoms. The summed E-state index contributed by atoms with van der Waals surface area (Å²) >= 11 is 6.00. The van der Waals surface area contributed by atoms with Crippen LogP contribution in [-0.2, 0) is 0 Å². The van der Waals surface area contributed by atoms with E-state index in [1.807, 2.05) is 0 Å². The van der Waals surface area contributed by atoms with Crippen molar-refractivity contribution in [3.63, 3.8) is 0 Å². The van der Waals surface area contributed by atoms with Crippen LogP contribution in [0.15, 0.2) is 11.1 Å². The molecule has 1 aromatic heterocycles. The molecule has 2 fully saturated rings. The van der Waals surface area contributed by atoms with Gasteiger partial charge in [0.25, 0.3) is 5.56 Å². The smallest absolute Gasteiger partial charge is 0.271 e. The van der Waals surface area contributed by atoms with Gasteiger partial charge >= 0.3 is 0 Å². The molecule has 0 amide bonds. The van der Waals surface area contributed by atoms with Crippen molar-refractivity contribution in [3.05, 3.63) is 21.7 Å². The second-order valence-electron chi connectivity index (χ2n) is 4.34. The van der Waals surface area contributed by atoms with Gasteiger partial charge in [-0.1, -0.05) is 11.6 Å². The van der Waals surface area contributed by atoms with E-state index in [1.165, 1.54) is 6.33 Å². The van der Waals surface area contributed by atoms with Crippen LogP contribution in [0.5, 0.6) is 0 Å². The molecule has 0 aromatic carbocycles. The minimum atomic E-state index is -0.263. The molecule has 1 aromatic rings. The third-order valence-electron chi connectivity index (χ3n) is 3.50. The van der Waals surface area contributed by atoms with Crippen LogP contribution in [0.3, 0.4) is 0 Å². The molecule has 2 saturated heterocycles. The predicted molar refractivity (Wildman–Crippen MR) is 62.0 cm³/mol. The van der Waals surface area contributed by atoms with Crippen molar-refractivity contribution in [3.8, 4) is 0 Å². The van der Waals surface area contributed by atoms with Crippen LogP contribution in [0.25, 0.3) is 0 Å². The summed E-state index contributed by atoms with van der Waals surface area (Å²) in [6.45, 7) is 2.95. The monoisotopic (exact) mass is 240 g/mol. The number of nitrogens with zero attached hydrogens (tertiary/aromatic N) is 2. The first-order chi connectivity index (χ1) is 7.77. The van der Waals surface area contributed by atoms with Crippen LogP contribution >= 0.6 is 11.6 Å². The Morgan fingerprint density at radius 2 is 2.38 bits per heavy atom. The fourth-order valence-corrected chi connectivity index (χ4v) is 2.90. The molecule has 2 atom stereocenters. The van der Waals surface area contributed by atoms with Gasteiger partial charge in [-0.2, -0.15) is 0 Å². The fraction of sp³-hybridized carbons (Fsp3) is 0.600. The molecule has 3 rings (SSSR count). The van der Waals surface area contributed by atoms with Crippen LogP contribution < -0.4 is 15.8 Å². The van der Waals surface area contributed by atoms with Gasteiger partial charge in [0.15, 0.2) is 5.82 Å². The number of rotatable bonds is 1. The number of anilines is 1. The zero-order valence-corrected chi connectivity index (χ0v) is 9.50. The van der Waals surface area contributed by atoms with Crippen molar-refractivity contribution < 1.29 is 0 Å². The van der Waals surface area contributed by atoms with Crippen LogP contribution in [-0.4, -0.2) is 35.6 Å². The zero-order chi connectivity index (χ0) is 11.1. The number of halogens is 1. The minimum Gasteiger partial charge on any atom is -0.351 e. The van der Waals surface area contributed by atoms with Crippen molar-refractivity contribution in [2.75, 3.05) is 24.5 Å². The summed E-state index contributed by atoms with van der Waals surface area (Å²) < 4.78 is 0. The standard InChI is InChI=1S/C10H13ClN4O/c11-8-9(13-5-14-10(8)16)15-2-1-6-3-12-4-7(6)15/h5-7,12H,1-4H2,(H,13,14,16)/t6-,7+/m0/s1. The molecule has 2 N–H and O–H groups in total. The Kier molecular flexibility index (Phi) is 2.37. The van der Waals surface area contributed by atoms with E-state index in [1.54, 1.807) is 0 Å². The summed E-state index contributed by atoms with van der Waals surface area (Å²) in [6.07, 6.45) is 2.56. The van der Waals surface area contributed by atoms with E-state index in [2.05, 4.69) is 20.2 Å². The lowest BCUT2D eigenvalue weighted by Crippen LogP contribution is -2.35. The number of hydrogen-bond donors (Lipinski definition) is 2. The quantitative estimate of drug-likeness (QED) is 0.738. The molecule has 16 heavy (non-hydrogen) atoms. The van der Waals surface area contributed by atoms with E-state index < -0.39 is 0 Å². The second-order valence-corrected chi connectivity index (χ2v) is 4.71. The maximum absolute atomic E-state index is 11.4. The average Bonchev–Trinajstić information content (AvgIpc) is 2.84. The van der Waals surface area contributed by atoms with Crippen molar-refractivity contribution in [2.45, 2.75) is 12.5 Å². The summed E-state index contributed by atoms with van der Waals surface area (Å²) in [5, 5.41) is 3.56. The van der Waals surface area contributed by atoms with Gasteiger partial charge in [0.2, 0.25) is 0 Å². The highest BCUT2D eigenvalue weighted by molar-refractivity contribution is 6.32. The van der Waals surface area contributed by atoms with E-state index in [4.69, 9.17) is 11.6 Å². The highest BCUT2D eigenvalue weighted by atomic mass is 35.5. The molecule has 5 nitrogen and oxygen atoms in total. The molecule has 6 heteroatoms. The van der Waals surface area contributed by atoms with Crippen LogP contribution in [0.1, 0.15) is 6.42 Å². The molecule has 2 aliphatic rings. The maximum atomic E-state index is 11.4. The molecule has 0 radical (unpaired) electrons. The first-order valence-corrected chi connectivity index (χ1v) is 5.85.